The van der Waals surface area contributed by atoms with E-state index < -0.39 is 5.97 Å². The molecule has 3 aromatic rings. The number of fused-ring (bicyclic) bond motifs is 1. The zero-order valence-electron chi connectivity index (χ0n) is 11.0. The van der Waals surface area contributed by atoms with Gasteiger partial charge in [0.2, 0.25) is 0 Å². The lowest BCUT2D eigenvalue weighted by molar-refractivity contribution is 0.0696. The Kier molecular flexibility index (Phi) is 2.95. The minimum Gasteiger partial charge on any atom is -0.478 e. The first-order valence-electron chi connectivity index (χ1n) is 6.34. The number of aromatic nitrogens is 1. The van der Waals surface area contributed by atoms with Gasteiger partial charge in [-0.25, -0.2) is 4.79 Å². The first-order valence-corrected chi connectivity index (χ1v) is 6.34. The van der Waals surface area contributed by atoms with Gasteiger partial charge in [0.1, 0.15) is 0 Å². The van der Waals surface area contributed by atoms with Crippen molar-refractivity contribution < 1.29 is 9.90 Å². The van der Waals surface area contributed by atoms with E-state index in [1.807, 2.05) is 42.5 Å². The molecule has 0 amide bonds. The number of aryl methyl sites for hydroxylation is 1. The number of pyridine rings is 1. The van der Waals surface area contributed by atoms with Crippen LogP contribution < -0.4 is 0 Å². The van der Waals surface area contributed by atoms with Gasteiger partial charge in [-0.2, -0.15) is 0 Å². The molecular weight excluding hydrogens is 250 g/mol. The Balaban J connectivity index is 2.15. The Morgan fingerprint density at radius 1 is 1.05 bits per heavy atom. The summed E-state index contributed by atoms with van der Waals surface area (Å²) >= 11 is 0. The van der Waals surface area contributed by atoms with Crippen molar-refractivity contribution in [2.45, 2.75) is 6.92 Å². The fraction of sp³-hybridized carbons (Fsp3) is 0.0588. The molecule has 0 saturated heterocycles. The summed E-state index contributed by atoms with van der Waals surface area (Å²) < 4.78 is 0. The van der Waals surface area contributed by atoms with Crippen molar-refractivity contribution >= 4 is 16.9 Å². The summed E-state index contributed by atoms with van der Waals surface area (Å²) in [4.78, 5) is 15.6. The number of carboxylic acids is 1. The summed E-state index contributed by atoms with van der Waals surface area (Å²) in [6.07, 6.45) is 1.78. The highest BCUT2D eigenvalue weighted by atomic mass is 16.4. The summed E-state index contributed by atoms with van der Waals surface area (Å²) in [5, 5.41) is 10.2. The molecule has 1 N–H and O–H groups in total. The molecule has 20 heavy (non-hydrogen) atoms. The Bertz CT molecular complexity index is 809. The van der Waals surface area contributed by atoms with Crippen molar-refractivity contribution in [1.29, 1.82) is 0 Å². The number of benzene rings is 2. The summed E-state index contributed by atoms with van der Waals surface area (Å²) in [7, 11) is 0. The fourth-order valence-corrected chi connectivity index (χ4v) is 2.26. The van der Waals surface area contributed by atoms with Crippen LogP contribution in [-0.4, -0.2) is 16.1 Å². The molecule has 98 valence electrons. The zero-order valence-corrected chi connectivity index (χ0v) is 11.0. The van der Waals surface area contributed by atoms with E-state index in [1.54, 1.807) is 19.2 Å². The molecule has 3 heteroatoms. The Hall–Kier alpha value is -2.68. The first kappa shape index (κ1) is 12.4. The molecular formula is C17H13NO2. The molecule has 0 spiro atoms. The van der Waals surface area contributed by atoms with E-state index in [9.17, 15) is 9.90 Å². The number of hydrogen-bond donors (Lipinski definition) is 1. The normalized spacial score (nSPS) is 10.7. The largest absolute Gasteiger partial charge is 0.478 e. The van der Waals surface area contributed by atoms with Gasteiger partial charge in [-0.1, -0.05) is 30.3 Å². The monoisotopic (exact) mass is 263 g/mol. The van der Waals surface area contributed by atoms with Gasteiger partial charge in [-0.15, -0.1) is 0 Å². The van der Waals surface area contributed by atoms with E-state index in [0.29, 0.717) is 5.56 Å². The number of aromatic carboxylic acids is 1. The molecule has 0 bridgehead atoms. The SMILES string of the molecule is Cc1ccc(-c2cnc3ccccc3c2)cc1C(=O)O. The molecule has 0 radical (unpaired) electrons. The molecule has 2 aromatic carbocycles. The smallest absolute Gasteiger partial charge is 0.335 e. The van der Waals surface area contributed by atoms with Crippen molar-refractivity contribution in [3.8, 4) is 11.1 Å². The van der Waals surface area contributed by atoms with Gasteiger partial charge in [-0.3, -0.25) is 4.98 Å². The van der Waals surface area contributed by atoms with Gasteiger partial charge in [0.15, 0.2) is 0 Å². The second-order valence-corrected chi connectivity index (χ2v) is 4.75. The van der Waals surface area contributed by atoms with Crippen LogP contribution in [0.2, 0.25) is 0 Å². The lowest BCUT2D eigenvalue weighted by Crippen LogP contribution is -1.99. The fourth-order valence-electron chi connectivity index (χ4n) is 2.26. The molecule has 3 rings (SSSR count). The summed E-state index contributed by atoms with van der Waals surface area (Å²) in [6.45, 7) is 1.80. The maximum atomic E-state index is 11.2. The predicted octanol–water partition coefficient (Wildman–Crippen LogP) is 3.91. The molecule has 1 aromatic heterocycles. The van der Waals surface area contributed by atoms with Crippen LogP contribution in [0.5, 0.6) is 0 Å². The predicted molar refractivity (Wildman–Crippen MR) is 78.9 cm³/mol. The maximum Gasteiger partial charge on any atom is 0.335 e. The minimum absolute atomic E-state index is 0.329. The van der Waals surface area contributed by atoms with E-state index in [0.717, 1.165) is 27.6 Å². The summed E-state index contributed by atoms with van der Waals surface area (Å²) in [5.41, 5.74) is 3.81. The highest BCUT2D eigenvalue weighted by molar-refractivity contribution is 5.92. The molecule has 0 aliphatic carbocycles. The third kappa shape index (κ3) is 2.14. The quantitative estimate of drug-likeness (QED) is 0.762. The van der Waals surface area contributed by atoms with E-state index >= 15 is 0 Å². The summed E-state index contributed by atoms with van der Waals surface area (Å²) in [6, 6.07) is 15.3. The second kappa shape index (κ2) is 4.78. The molecule has 0 atom stereocenters. The van der Waals surface area contributed by atoms with Crippen LogP contribution in [-0.2, 0) is 0 Å². The standard InChI is InChI=1S/C17H13NO2/c1-11-6-7-12(9-15(11)17(19)20)14-8-13-4-2-3-5-16(13)18-10-14/h2-10H,1H3,(H,19,20). The van der Waals surface area contributed by atoms with Crippen LogP contribution in [0.1, 0.15) is 15.9 Å². The molecule has 0 fully saturated rings. The van der Waals surface area contributed by atoms with Crippen molar-refractivity contribution in [3.63, 3.8) is 0 Å². The van der Waals surface area contributed by atoms with E-state index in [4.69, 9.17) is 0 Å². The third-order valence-electron chi connectivity index (χ3n) is 3.39. The number of nitrogens with zero attached hydrogens (tertiary/aromatic N) is 1. The average molecular weight is 263 g/mol. The van der Waals surface area contributed by atoms with Crippen LogP contribution in [0.15, 0.2) is 54.7 Å². The van der Waals surface area contributed by atoms with Crippen LogP contribution in [0.25, 0.3) is 22.0 Å². The molecule has 3 nitrogen and oxygen atoms in total. The van der Waals surface area contributed by atoms with Crippen LogP contribution in [0.3, 0.4) is 0 Å². The highest BCUT2D eigenvalue weighted by Gasteiger charge is 2.09. The number of carboxylic acid groups (broad SMARTS) is 1. The minimum atomic E-state index is -0.905. The first-order chi connectivity index (χ1) is 9.65. The molecule has 0 unspecified atom stereocenters. The highest BCUT2D eigenvalue weighted by Crippen LogP contribution is 2.24. The van der Waals surface area contributed by atoms with Crippen LogP contribution >= 0.6 is 0 Å². The van der Waals surface area contributed by atoms with Crippen molar-refractivity contribution in [3.05, 3.63) is 65.9 Å². The Morgan fingerprint density at radius 3 is 2.65 bits per heavy atom. The van der Waals surface area contributed by atoms with E-state index in [-0.39, 0.29) is 0 Å². The number of para-hydroxylation sites is 1. The molecule has 0 aliphatic rings. The van der Waals surface area contributed by atoms with E-state index in [2.05, 4.69) is 4.98 Å². The average Bonchev–Trinajstić information content (AvgIpc) is 2.47. The van der Waals surface area contributed by atoms with Crippen LogP contribution in [0, 0.1) is 6.92 Å². The molecule has 0 saturated carbocycles. The van der Waals surface area contributed by atoms with Crippen molar-refractivity contribution in [2.24, 2.45) is 0 Å². The second-order valence-electron chi connectivity index (χ2n) is 4.75. The summed E-state index contributed by atoms with van der Waals surface area (Å²) in [5.74, 6) is -0.905. The van der Waals surface area contributed by atoms with Gasteiger partial charge < -0.3 is 5.11 Å². The van der Waals surface area contributed by atoms with Gasteiger partial charge in [0, 0.05) is 17.1 Å². The van der Waals surface area contributed by atoms with Gasteiger partial charge in [0.25, 0.3) is 0 Å². The molecule has 0 aliphatic heterocycles. The number of carbonyl (C=O) groups is 1. The van der Waals surface area contributed by atoms with Gasteiger partial charge in [0.05, 0.1) is 11.1 Å². The van der Waals surface area contributed by atoms with Crippen molar-refractivity contribution in [2.75, 3.05) is 0 Å². The lowest BCUT2D eigenvalue weighted by Gasteiger charge is -2.07. The van der Waals surface area contributed by atoms with Gasteiger partial charge in [-0.05, 0) is 36.2 Å². The zero-order chi connectivity index (χ0) is 14.1. The van der Waals surface area contributed by atoms with E-state index in [1.165, 1.54) is 0 Å². The van der Waals surface area contributed by atoms with Crippen LogP contribution in [0.4, 0.5) is 0 Å². The number of rotatable bonds is 2. The van der Waals surface area contributed by atoms with Gasteiger partial charge >= 0.3 is 5.97 Å². The topological polar surface area (TPSA) is 50.2 Å². The maximum absolute atomic E-state index is 11.2. The lowest BCUT2D eigenvalue weighted by atomic mass is 10.00. The van der Waals surface area contributed by atoms with Crippen molar-refractivity contribution in [1.82, 2.24) is 4.98 Å². The third-order valence-corrected chi connectivity index (χ3v) is 3.39. The Morgan fingerprint density at radius 2 is 1.85 bits per heavy atom. The molecule has 1 heterocycles. The number of hydrogen-bond acceptors (Lipinski definition) is 2. The Labute approximate surface area is 116 Å².